The van der Waals surface area contributed by atoms with Gasteiger partial charge in [0.1, 0.15) is 17.0 Å². The van der Waals surface area contributed by atoms with Crippen molar-refractivity contribution in [2.75, 3.05) is 0 Å². The lowest BCUT2D eigenvalue weighted by molar-refractivity contribution is 0.626. The Morgan fingerprint density at radius 1 is 1.31 bits per heavy atom. The van der Waals surface area contributed by atoms with Gasteiger partial charge < -0.3 is 0 Å². The Hall–Kier alpha value is -1.66. The number of hydrogen-bond acceptors (Lipinski definition) is 2. The summed E-state index contributed by atoms with van der Waals surface area (Å²) in [6.07, 6.45) is 0. The molecule has 2 rings (SSSR count). The monoisotopic (exact) mass is 234 g/mol. The van der Waals surface area contributed by atoms with Crippen LogP contribution in [0, 0.1) is 31.0 Å². The van der Waals surface area contributed by atoms with E-state index in [1.165, 1.54) is 12.1 Å². The number of pyridine rings is 1. The Balaban J connectivity index is 2.97. The van der Waals surface area contributed by atoms with Crippen molar-refractivity contribution in [2.45, 2.75) is 13.8 Å². The second-order valence-corrected chi connectivity index (χ2v) is 3.96. The lowest BCUT2D eigenvalue weighted by atomic mass is 10.0. The van der Waals surface area contributed by atoms with Crippen molar-refractivity contribution >= 4 is 22.4 Å². The highest BCUT2D eigenvalue weighted by atomic mass is 35.5. The minimum Gasteiger partial charge on any atom is -0.240 e. The molecule has 1 aromatic heterocycles. The number of rotatable bonds is 0. The zero-order valence-electron chi connectivity index (χ0n) is 8.81. The molecule has 0 radical (unpaired) electrons. The van der Waals surface area contributed by atoms with Crippen LogP contribution in [0.1, 0.15) is 16.8 Å². The van der Waals surface area contributed by atoms with Crippen LogP contribution in [0.4, 0.5) is 4.39 Å². The maximum atomic E-state index is 13.4. The van der Waals surface area contributed by atoms with Crippen molar-refractivity contribution in [2.24, 2.45) is 0 Å². The largest absolute Gasteiger partial charge is 0.240 e. The smallest absolute Gasteiger partial charge is 0.141 e. The number of aryl methyl sites for hydroxylation is 2. The van der Waals surface area contributed by atoms with Crippen molar-refractivity contribution < 1.29 is 4.39 Å². The van der Waals surface area contributed by atoms with E-state index in [4.69, 9.17) is 16.9 Å². The number of benzene rings is 1. The van der Waals surface area contributed by atoms with Crippen LogP contribution in [-0.4, -0.2) is 4.98 Å². The van der Waals surface area contributed by atoms with Crippen LogP contribution in [0.5, 0.6) is 0 Å². The number of aromatic nitrogens is 1. The van der Waals surface area contributed by atoms with Crippen LogP contribution >= 0.6 is 11.6 Å². The van der Waals surface area contributed by atoms with E-state index in [9.17, 15) is 4.39 Å². The first-order valence-electron chi connectivity index (χ1n) is 4.70. The molecule has 0 aliphatic carbocycles. The van der Waals surface area contributed by atoms with Gasteiger partial charge in [0.05, 0.1) is 5.56 Å². The molecular formula is C12H8ClFN2. The maximum absolute atomic E-state index is 13.4. The first kappa shape index (κ1) is 10.8. The first-order chi connectivity index (χ1) is 7.54. The lowest BCUT2D eigenvalue weighted by Crippen LogP contribution is -1.93. The van der Waals surface area contributed by atoms with Gasteiger partial charge in [0.25, 0.3) is 0 Å². The molecular weight excluding hydrogens is 227 g/mol. The average Bonchev–Trinajstić information content (AvgIpc) is 2.25. The zero-order chi connectivity index (χ0) is 11.9. The van der Waals surface area contributed by atoms with Crippen LogP contribution in [0.15, 0.2) is 12.1 Å². The topological polar surface area (TPSA) is 36.7 Å². The van der Waals surface area contributed by atoms with Gasteiger partial charge in [-0.2, -0.15) is 5.26 Å². The second-order valence-electron chi connectivity index (χ2n) is 3.60. The average molecular weight is 235 g/mol. The van der Waals surface area contributed by atoms with Crippen LogP contribution < -0.4 is 0 Å². The van der Waals surface area contributed by atoms with Crippen molar-refractivity contribution in [3.8, 4) is 6.07 Å². The third kappa shape index (κ3) is 1.52. The fourth-order valence-corrected chi connectivity index (χ4v) is 1.91. The number of fused-ring (bicyclic) bond motifs is 1. The first-order valence-corrected chi connectivity index (χ1v) is 5.08. The SMILES string of the molecule is Cc1nc(Cl)c2cc(F)c(C#N)cc2c1C. The van der Waals surface area contributed by atoms with Gasteiger partial charge >= 0.3 is 0 Å². The molecule has 0 aliphatic rings. The molecule has 16 heavy (non-hydrogen) atoms. The Kier molecular flexibility index (Phi) is 2.53. The van der Waals surface area contributed by atoms with E-state index in [2.05, 4.69) is 4.98 Å². The summed E-state index contributed by atoms with van der Waals surface area (Å²) in [6, 6.07) is 4.59. The van der Waals surface area contributed by atoms with Gasteiger partial charge in [-0.25, -0.2) is 9.37 Å². The third-order valence-electron chi connectivity index (χ3n) is 2.66. The van der Waals surface area contributed by atoms with Crippen LogP contribution in [0.3, 0.4) is 0 Å². The van der Waals surface area contributed by atoms with Gasteiger partial charge in [-0.1, -0.05) is 11.6 Å². The van der Waals surface area contributed by atoms with Crippen molar-refractivity contribution in [3.63, 3.8) is 0 Å². The van der Waals surface area contributed by atoms with Gasteiger partial charge in [-0.3, -0.25) is 0 Å². The maximum Gasteiger partial charge on any atom is 0.141 e. The number of hydrogen-bond donors (Lipinski definition) is 0. The molecule has 0 bridgehead atoms. The molecule has 2 aromatic rings. The summed E-state index contributed by atoms with van der Waals surface area (Å²) in [5, 5.41) is 10.4. The molecule has 2 nitrogen and oxygen atoms in total. The summed E-state index contributed by atoms with van der Waals surface area (Å²) >= 11 is 5.94. The van der Waals surface area contributed by atoms with Crippen LogP contribution in [0.25, 0.3) is 10.8 Å². The molecule has 80 valence electrons. The van der Waals surface area contributed by atoms with Gasteiger partial charge in [-0.05, 0) is 36.9 Å². The number of nitrogens with zero attached hydrogens (tertiary/aromatic N) is 2. The van der Waals surface area contributed by atoms with Crippen LogP contribution in [0.2, 0.25) is 5.15 Å². The van der Waals surface area contributed by atoms with Gasteiger partial charge in [0.2, 0.25) is 0 Å². The molecule has 0 unspecified atom stereocenters. The summed E-state index contributed by atoms with van der Waals surface area (Å²) < 4.78 is 13.4. The van der Waals surface area contributed by atoms with E-state index in [-0.39, 0.29) is 10.7 Å². The molecule has 0 aliphatic heterocycles. The Bertz CT molecular complexity index is 629. The molecule has 0 fully saturated rings. The third-order valence-corrected chi connectivity index (χ3v) is 2.95. The van der Waals surface area contributed by atoms with Crippen molar-refractivity contribution in [1.82, 2.24) is 4.98 Å². The predicted molar refractivity (Wildman–Crippen MR) is 60.9 cm³/mol. The lowest BCUT2D eigenvalue weighted by Gasteiger charge is -2.07. The van der Waals surface area contributed by atoms with Crippen molar-refractivity contribution in [3.05, 3.63) is 39.9 Å². The molecule has 0 atom stereocenters. The molecule has 0 amide bonds. The molecule has 1 heterocycles. The number of halogens is 2. The molecule has 4 heteroatoms. The quantitative estimate of drug-likeness (QED) is 0.654. The Morgan fingerprint density at radius 3 is 2.62 bits per heavy atom. The Morgan fingerprint density at radius 2 is 2.00 bits per heavy atom. The van der Waals surface area contributed by atoms with Crippen LogP contribution in [-0.2, 0) is 0 Å². The number of nitriles is 1. The second kappa shape index (κ2) is 3.73. The zero-order valence-corrected chi connectivity index (χ0v) is 9.56. The minimum absolute atomic E-state index is 0.0252. The summed E-state index contributed by atoms with van der Waals surface area (Å²) in [7, 11) is 0. The molecule has 0 saturated carbocycles. The van der Waals surface area contributed by atoms with E-state index in [1.807, 2.05) is 19.9 Å². The van der Waals surface area contributed by atoms with E-state index in [0.717, 1.165) is 16.6 Å². The van der Waals surface area contributed by atoms with E-state index >= 15 is 0 Å². The molecule has 0 saturated heterocycles. The van der Waals surface area contributed by atoms with E-state index in [1.54, 1.807) is 0 Å². The summed E-state index contributed by atoms with van der Waals surface area (Å²) in [6.45, 7) is 3.70. The highest BCUT2D eigenvalue weighted by Crippen LogP contribution is 2.28. The highest BCUT2D eigenvalue weighted by molar-refractivity contribution is 6.34. The molecule has 1 aromatic carbocycles. The standard InChI is InChI=1S/C12H8ClFN2/c1-6-7(2)16-12(13)10-4-11(14)8(5-15)3-9(6)10/h3-4H,1-2H3. The van der Waals surface area contributed by atoms with E-state index in [0.29, 0.717) is 5.39 Å². The van der Waals surface area contributed by atoms with E-state index < -0.39 is 5.82 Å². The predicted octanol–water partition coefficient (Wildman–Crippen LogP) is 3.52. The summed E-state index contributed by atoms with van der Waals surface area (Å²) in [4.78, 5) is 4.11. The highest BCUT2D eigenvalue weighted by Gasteiger charge is 2.11. The summed E-state index contributed by atoms with van der Waals surface area (Å²) in [5.74, 6) is -0.568. The minimum atomic E-state index is -0.568. The van der Waals surface area contributed by atoms with Crippen molar-refractivity contribution in [1.29, 1.82) is 5.26 Å². The normalized spacial score (nSPS) is 10.4. The fraction of sp³-hybridized carbons (Fsp3) is 0.167. The molecule has 0 spiro atoms. The van der Waals surface area contributed by atoms with Gasteiger partial charge in [0, 0.05) is 11.1 Å². The molecule has 0 N–H and O–H groups in total. The summed E-state index contributed by atoms with van der Waals surface area (Å²) in [5.41, 5.74) is 1.72. The van der Waals surface area contributed by atoms with Gasteiger partial charge in [0.15, 0.2) is 0 Å². The van der Waals surface area contributed by atoms with Gasteiger partial charge in [-0.15, -0.1) is 0 Å². The Labute approximate surface area is 97.3 Å². The fourth-order valence-electron chi connectivity index (χ4n) is 1.63.